The van der Waals surface area contributed by atoms with Gasteiger partial charge in [0.05, 0.1) is 18.5 Å². The number of aromatic nitrogens is 1. The van der Waals surface area contributed by atoms with E-state index in [0.29, 0.717) is 50.2 Å². The smallest absolute Gasteiger partial charge is 0.348 e. The lowest BCUT2D eigenvalue weighted by atomic mass is 10.0. The van der Waals surface area contributed by atoms with E-state index in [9.17, 15) is 17.6 Å². The molecule has 0 aromatic carbocycles. The minimum absolute atomic E-state index is 0.0967. The van der Waals surface area contributed by atoms with Gasteiger partial charge in [0.1, 0.15) is 17.7 Å². The summed E-state index contributed by atoms with van der Waals surface area (Å²) in [6, 6.07) is -0.0676. The van der Waals surface area contributed by atoms with E-state index in [1.807, 2.05) is 6.92 Å². The number of aliphatic imine (C=N–C) groups is 1. The van der Waals surface area contributed by atoms with Crippen molar-refractivity contribution in [1.29, 1.82) is 0 Å². The summed E-state index contributed by atoms with van der Waals surface area (Å²) in [6.45, 7) is 8.30. The van der Waals surface area contributed by atoms with E-state index < -0.39 is 18.0 Å². The molecular weight excluding hydrogens is 410 g/mol. The molecule has 3 rings (SSSR count). The molecule has 31 heavy (non-hydrogen) atoms. The van der Waals surface area contributed by atoms with Gasteiger partial charge in [0, 0.05) is 24.6 Å². The van der Waals surface area contributed by atoms with Gasteiger partial charge in [-0.15, -0.1) is 0 Å². The monoisotopic (exact) mass is 437 g/mol. The molecule has 9 heteroatoms. The molecule has 1 unspecified atom stereocenters. The second-order valence-corrected chi connectivity index (χ2v) is 7.76. The molecule has 1 aromatic heterocycles. The summed E-state index contributed by atoms with van der Waals surface area (Å²) >= 11 is 0. The van der Waals surface area contributed by atoms with Crippen molar-refractivity contribution < 1.29 is 17.6 Å². The first-order chi connectivity index (χ1) is 14.7. The topological polar surface area (TPSA) is 44.1 Å². The number of pyridine rings is 1. The lowest BCUT2D eigenvalue weighted by molar-refractivity contribution is -0.167. The van der Waals surface area contributed by atoms with Crippen LogP contribution in [0.5, 0.6) is 0 Å². The lowest BCUT2D eigenvalue weighted by Gasteiger charge is -2.28. The number of likely N-dealkylation sites (tertiary alicyclic amines) is 1. The van der Waals surface area contributed by atoms with Crippen LogP contribution in [0.2, 0.25) is 0 Å². The zero-order valence-corrected chi connectivity index (χ0v) is 17.8. The zero-order chi connectivity index (χ0) is 22.6. The van der Waals surface area contributed by atoms with Gasteiger partial charge in [-0.25, -0.2) is 9.38 Å². The van der Waals surface area contributed by atoms with Crippen LogP contribution in [0.3, 0.4) is 0 Å². The molecule has 0 bridgehead atoms. The van der Waals surface area contributed by atoms with Gasteiger partial charge in [0.25, 0.3) is 0 Å². The molecule has 1 atom stereocenters. The van der Waals surface area contributed by atoms with Crippen molar-refractivity contribution in [3.63, 3.8) is 0 Å². The van der Waals surface area contributed by atoms with Crippen molar-refractivity contribution in [2.75, 3.05) is 6.54 Å². The Labute approximate surface area is 179 Å². The number of nitrogens with zero attached hydrogens (tertiary/aromatic N) is 5. The molecule has 2 aliphatic heterocycles. The molecule has 168 valence electrons. The molecular formula is C22H27F4N5. The highest BCUT2D eigenvalue weighted by Crippen LogP contribution is 2.33. The summed E-state index contributed by atoms with van der Waals surface area (Å²) in [6.07, 6.45) is 2.67. The summed E-state index contributed by atoms with van der Waals surface area (Å²) in [7, 11) is 0. The van der Waals surface area contributed by atoms with E-state index in [1.165, 1.54) is 11.0 Å². The fourth-order valence-electron chi connectivity index (χ4n) is 3.86. The Kier molecular flexibility index (Phi) is 7.12. The lowest BCUT2D eigenvalue weighted by Crippen LogP contribution is -2.43. The number of hydrogen-bond acceptors (Lipinski definition) is 4. The molecule has 1 aromatic rings. The highest BCUT2D eigenvalue weighted by molar-refractivity contribution is 6.00. The Morgan fingerprint density at radius 1 is 1.32 bits per heavy atom. The number of hydrazone groups is 1. The Balaban J connectivity index is 1.79. The average molecular weight is 437 g/mol. The summed E-state index contributed by atoms with van der Waals surface area (Å²) in [5.74, 6) is -0.0587. The van der Waals surface area contributed by atoms with Crippen molar-refractivity contribution in [2.45, 2.75) is 64.7 Å². The van der Waals surface area contributed by atoms with Crippen molar-refractivity contribution in [3.8, 4) is 0 Å². The number of allylic oxidation sites excluding steroid dienone is 2. The van der Waals surface area contributed by atoms with E-state index in [1.54, 1.807) is 24.3 Å². The van der Waals surface area contributed by atoms with Crippen LogP contribution < -0.4 is 0 Å². The molecule has 0 amide bonds. The third kappa shape index (κ3) is 5.71. The molecule has 0 saturated carbocycles. The van der Waals surface area contributed by atoms with Crippen molar-refractivity contribution >= 4 is 11.5 Å². The average Bonchev–Trinajstić information content (AvgIpc) is 3.21. The van der Waals surface area contributed by atoms with Gasteiger partial charge in [-0.3, -0.25) is 9.99 Å². The van der Waals surface area contributed by atoms with Crippen LogP contribution in [-0.4, -0.2) is 45.2 Å². The number of alkyl halides is 3. The van der Waals surface area contributed by atoms with Crippen LogP contribution >= 0.6 is 0 Å². The maximum Gasteiger partial charge on any atom is 0.408 e. The Hall–Kier alpha value is -2.71. The van der Waals surface area contributed by atoms with Crippen LogP contribution in [0.25, 0.3) is 0 Å². The molecule has 0 aliphatic carbocycles. The Morgan fingerprint density at radius 3 is 2.77 bits per heavy atom. The summed E-state index contributed by atoms with van der Waals surface area (Å²) < 4.78 is 53.2. The normalized spacial score (nSPS) is 21.0. The molecule has 0 spiro atoms. The minimum Gasteiger partial charge on any atom is -0.348 e. The minimum atomic E-state index is -4.26. The molecule has 0 N–H and O–H groups in total. The zero-order valence-electron chi connectivity index (χ0n) is 17.8. The molecule has 5 nitrogen and oxygen atoms in total. The van der Waals surface area contributed by atoms with Crippen LogP contribution in [0.1, 0.15) is 51.5 Å². The van der Waals surface area contributed by atoms with E-state index >= 15 is 0 Å². The first-order valence-corrected chi connectivity index (χ1v) is 10.4. The molecule has 1 fully saturated rings. The van der Waals surface area contributed by atoms with Crippen LogP contribution in [0.15, 0.2) is 52.6 Å². The van der Waals surface area contributed by atoms with Gasteiger partial charge in [-0.2, -0.15) is 18.3 Å². The van der Waals surface area contributed by atoms with Crippen molar-refractivity contribution in [1.82, 2.24) is 14.9 Å². The van der Waals surface area contributed by atoms with E-state index in [-0.39, 0.29) is 6.42 Å². The molecule has 3 heterocycles. The largest absolute Gasteiger partial charge is 0.408 e. The summed E-state index contributed by atoms with van der Waals surface area (Å²) in [4.78, 5) is 9.55. The highest BCUT2D eigenvalue weighted by Gasteiger charge is 2.46. The first-order valence-electron chi connectivity index (χ1n) is 10.4. The predicted molar refractivity (Wildman–Crippen MR) is 113 cm³/mol. The van der Waals surface area contributed by atoms with E-state index in [0.717, 1.165) is 23.2 Å². The van der Waals surface area contributed by atoms with E-state index in [2.05, 4.69) is 21.7 Å². The Bertz CT molecular complexity index is 903. The van der Waals surface area contributed by atoms with Gasteiger partial charge < -0.3 is 4.90 Å². The number of amidine groups is 1. The molecule has 0 radical (unpaired) electrons. The number of halogens is 4. The van der Waals surface area contributed by atoms with Crippen LogP contribution in [0, 0.1) is 5.82 Å². The van der Waals surface area contributed by atoms with Crippen LogP contribution in [-0.2, 0) is 6.54 Å². The fourth-order valence-corrected chi connectivity index (χ4v) is 3.86. The quantitative estimate of drug-likeness (QED) is 0.351. The SMILES string of the molecule is C=C1CCC(/C(=C/N=C(C)N2CCCC2C(F)(F)F)CC)=NN1Cc1cncc(F)c1. The standard InChI is InChI=1S/C22H27F4N5/c1-4-18(12-28-16(3)30-9-5-6-21(30)22(24,25)26)20-8-7-15(2)31(29-20)14-17-10-19(23)13-27-11-17/h10-13,21H,2,4-9,14H2,1,3H3/b18-12+,28-16?. The fraction of sp³-hybridized carbons (Fsp3) is 0.500. The molecule has 2 aliphatic rings. The van der Waals surface area contributed by atoms with Crippen molar-refractivity contribution in [3.05, 3.63) is 53.9 Å². The maximum absolute atomic E-state index is 13.4. The van der Waals surface area contributed by atoms with Crippen molar-refractivity contribution in [2.24, 2.45) is 10.1 Å². The molecule has 1 saturated heterocycles. The van der Waals surface area contributed by atoms with E-state index in [4.69, 9.17) is 0 Å². The van der Waals surface area contributed by atoms with Gasteiger partial charge in [0.15, 0.2) is 0 Å². The van der Waals surface area contributed by atoms with Crippen LogP contribution in [0.4, 0.5) is 17.6 Å². The second-order valence-electron chi connectivity index (χ2n) is 7.76. The van der Waals surface area contributed by atoms with Gasteiger partial charge in [-0.1, -0.05) is 13.5 Å². The second kappa shape index (κ2) is 9.62. The summed E-state index contributed by atoms with van der Waals surface area (Å²) in [5, 5.41) is 6.38. The van der Waals surface area contributed by atoms with Gasteiger partial charge >= 0.3 is 6.18 Å². The number of hydrogen-bond donors (Lipinski definition) is 0. The first kappa shape index (κ1) is 23.0. The third-order valence-corrected chi connectivity index (χ3v) is 5.56. The summed E-state index contributed by atoms with van der Waals surface area (Å²) in [5.41, 5.74) is 3.16. The van der Waals surface area contributed by atoms with Gasteiger partial charge in [-0.05, 0) is 56.2 Å². The van der Waals surface area contributed by atoms with Gasteiger partial charge in [0.2, 0.25) is 0 Å². The third-order valence-electron chi connectivity index (χ3n) is 5.56. The maximum atomic E-state index is 13.4. The Morgan fingerprint density at radius 2 is 2.10 bits per heavy atom. The predicted octanol–water partition coefficient (Wildman–Crippen LogP) is 5.43. The number of rotatable bonds is 5. The highest BCUT2D eigenvalue weighted by atomic mass is 19.4.